The number of amidine groups is 1. The van der Waals surface area contributed by atoms with Gasteiger partial charge in [0, 0.05) is 5.69 Å². The molecule has 7 nitrogen and oxygen atoms in total. The van der Waals surface area contributed by atoms with E-state index in [4.69, 9.17) is 22.6 Å². The molecular weight excluding hydrogens is 313 g/mol. The van der Waals surface area contributed by atoms with Crippen LogP contribution in [0.3, 0.4) is 0 Å². The van der Waals surface area contributed by atoms with Crippen molar-refractivity contribution in [2.75, 3.05) is 5.73 Å². The Morgan fingerprint density at radius 2 is 1.96 bits per heavy atom. The molecule has 0 saturated heterocycles. The first-order chi connectivity index (χ1) is 10.6. The summed E-state index contributed by atoms with van der Waals surface area (Å²) in [6.45, 7) is 3.50. The SMILES string of the molecule is CC(C)=CC(=N)/C(O)=C(\C(N)=O)C(N)=Nc1ccc(N)cc1P. The fraction of sp³-hybridized carbons (Fsp3) is 0.133. The second-order valence-electron chi connectivity index (χ2n) is 5.04. The molecule has 122 valence electrons. The van der Waals surface area contributed by atoms with Crippen molar-refractivity contribution < 1.29 is 9.90 Å². The molecule has 23 heavy (non-hydrogen) atoms. The van der Waals surface area contributed by atoms with E-state index in [-0.39, 0.29) is 11.5 Å². The Bertz CT molecular complexity index is 746. The average Bonchev–Trinajstić information content (AvgIpc) is 2.40. The van der Waals surface area contributed by atoms with Gasteiger partial charge in [0.25, 0.3) is 5.91 Å². The van der Waals surface area contributed by atoms with E-state index in [0.29, 0.717) is 16.7 Å². The van der Waals surface area contributed by atoms with Crippen LogP contribution in [0.25, 0.3) is 0 Å². The van der Waals surface area contributed by atoms with Crippen LogP contribution >= 0.6 is 9.24 Å². The van der Waals surface area contributed by atoms with Gasteiger partial charge in [-0.05, 0) is 43.4 Å². The van der Waals surface area contributed by atoms with E-state index in [1.165, 1.54) is 6.08 Å². The molecule has 1 unspecified atom stereocenters. The second-order valence-corrected chi connectivity index (χ2v) is 5.66. The molecule has 0 spiro atoms. The summed E-state index contributed by atoms with van der Waals surface area (Å²) in [6.07, 6.45) is 1.38. The molecule has 0 aliphatic heterocycles. The van der Waals surface area contributed by atoms with Gasteiger partial charge in [-0.2, -0.15) is 0 Å². The number of nitrogen functional groups attached to an aromatic ring is 1. The second kappa shape index (κ2) is 7.56. The van der Waals surface area contributed by atoms with E-state index in [9.17, 15) is 9.90 Å². The number of aliphatic hydroxyl groups is 1. The molecule has 0 aliphatic rings. The maximum atomic E-state index is 11.6. The number of allylic oxidation sites excluding steroid dienone is 2. The fourth-order valence-electron chi connectivity index (χ4n) is 1.72. The molecule has 0 radical (unpaired) electrons. The van der Waals surface area contributed by atoms with Crippen LogP contribution in [0.4, 0.5) is 11.4 Å². The van der Waals surface area contributed by atoms with Gasteiger partial charge < -0.3 is 22.3 Å². The van der Waals surface area contributed by atoms with Gasteiger partial charge in [0.2, 0.25) is 0 Å². The van der Waals surface area contributed by atoms with Crippen molar-refractivity contribution in [1.29, 1.82) is 5.41 Å². The summed E-state index contributed by atoms with van der Waals surface area (Å²) in [6, 6.07) is 4.90. The standard InChI is InChI=1S/C15H20N5O2P/c1-7(2)5-9(17)13(21)12(15(19)22)14(18)20-10-4-3-8(16)6-11(10)23/h3-6,17,21H,16,23H2,1-2H3,(H2,18,20)(H2,19,22)/b13-12+,17-9?. The van der Waals surface area contributed by atoms with Crippen molar-refractivity contribution >= 4 is 43.4 Å². The molecule has 8 heteroatoms. The summed E-state index contributed by atoms with van der Waals surface area (Å²) in [5.41, 5.74) is 17.8. The monoisotopic (exact) mass is 333 g/mol. The van der Waals surface area contributed by atoms with Crippen LogP contribution in [0, 0.1) is 5.41 Å². The summed E-state index contributed by atoms with van der Waals surface area (Å²) in [4.78, 5) is 15.7. The highest BCUT2D eigenvalue weighted by Gasteiger charge is 2.19. The molecule has 1 aromatic rings. The number of carbonyl (C=O) groups is 1. The van der Waals surface area contributed by atoms with Crippen LogP contribution in [-0.4, -0.2) is 22.6 Å². The number of aliphatic hydroxyl groups excluding tert-OH is 1. The molecule has 0 saturated carbocycles. The van der Waals surface area contributed by atoms with Crippen LogP contribution in [0.15, 0.2) is 46.2 Å². The molecule has 0 heterocycles. The molecular formula is C15H20N5O2P. The first-order valence-corrected chi connectivity index (χ1v) is 7.17. The molecule has 8 N–H and O–H groups in total. The van der Waals surface area contributed by atoms with Crippen LogP contribution in [-0.2, 0) is 4.79 Å². The largest absolute Gasteiger partial charge is 0.505 e. The van der Waals surface area contributed by atoms with E-state index in [2.05, 4.69) is 14.2 Å². The molecule has 0 aromatic heterocycles. The van der Waals surface area contributed by atoms with Crippen molar-refractivity contribution in [2.24, 2.45) is 16.5 Å². The van der Waals surface area contributed by atoms with Gasteiger partial charge in [0.15, 0.2) is 5.76 Å². The van der Waals surface area contributed by atoms with Crippen molar-refractivity contribution in [3.05, 3.63) is 41.2 Å². The zero-order valence-electron chi connectivity index (χ0n) is 12.9. The minimum absolute atomic E-state index is 0.277. The number of primary amides is 1. The number of nitrogens with zero attached hydrogens (tertiary/aromatic N) is 1. The highest BCUT2D eigenvalue weighted by Crippen LogP contribution is 2.16. The number of rotatable bonds is 5. The maximum absolute atomic E-state index is 11.6. The van der Waals surface area contributed by atoms with Crippen LogP contribution in [0.5, 0.6) is 0 Å². The smallest absolute Gasteiger partial charge is 0.256 e. The van der Waals surface area contributed by atoms with Gasteiger partial charge in [-0.25, -0.2) is 4.99 Å². The Morgan fingerprint density at radius 3 is 2.43 bits per heavy atom. The number of amides is 1. The van der Waals surface area contributed by atoms with Gasteiger partial charge in [-0.1, -0.05) is 5.57 Å². The van der Waals surface area contributed by atoms with E-state index in [1.807, 2.05) is 0 Å². The molecule has 1 rings (SSSR count). The Labute approximate surface area is 136 Å². The summed E-state index contributed by atoms with van der Waals surface area (Å²) in [5, 5.41) is 18.5. The fourth-order valence-corrected chi connectivity index (χ4v) is 2.07. The highest BCUT2D eigenvalue weighted by molar-refractivity contribution is 7.28. The number of anilines is 1. The van der Waals surface area contributed by atoms with Gasteiger partial charge in [0.1, 0.15) is 11.4 Å². The third kappa shape index (κ3) is 4.93. The third-order valence-electron chi connectivity index (χ3n) is 2.72. The summed E-state index contributed by atoms with van der Waals surface area (Å²) in [5.74, 6) is -1.88. The summed E-state index contributed by atoms with van der Waals surface area (Å²) < 4.78 is 0. The van der Waals surface area contributed by atoms with Crippen molar-refractivity contribution in [1.82, 2.24) is 0 Å². The number of carbonyl (C=O) groups excluding carboxylic acids is 1. The van der Waals surface area contributed by atoms with E-state index < -0.39 is 17.2 Å². The average molecular weight is 333 g/mol. The predicted molar refractivity (Wildman–Crippen MR) is 97.5 cm³/mol. The zero-order chi connectivity index (χ0) is 17.7. The lowest BCUT2D eigenvalue weighted by molar-refractivity contribution is -0.114. The Balaban J connectivity index is 3.40. The van der Waals surface area contributed by atoms with Crippen molar-refractivity contribution in [3.63, 3.8) is 0 Å². The number of hydrogen-bond acceptors (Lipinski definition) is 5. The predicted octanol–water partition coefficient (Wildman–Crippen LogP) is 1.04. The van der Waals surface area contributed by atoms with Gasteiger partial charge in [-0.15, -0.1) is 9.24 Å². The summed E-state index contributed by atoms with van der Waals surface area (Å²) in [7, 11) is 2.44. The first kappa shape index (κ1) is 18.4. The van der Waals surface area contributed by atoms with E-state index >= 15 is 0 Å². The van der Waals surface area contributed by atoms with Crippen LogP contribution in [0.2, 0.25) is 0 Å². The number of nitrogens with one attached hydrogen (secondary N) is 1. The number of aliphatic imine (C=N–C) groups is 1. The summed E-state index contributed by atoms with van der Waals surface area (Å²) >= 11 is 0. The molecule has 0 aliphatic carbocycles. The lowest BCUT2D eigenvalue weighted by Gasteiger charge is -2.08. The quantitative estimate of drug-likeness (QED) is 0.136. The van der Waals surface area contributed by atoms with E-state index in [0.717, 1.165) is 5.57 Å². The van der Waals surface area contributed by atoms with E-state index in [1.54, 1.807) is 32.0 Å². The lowest BCUT2D eigenvalue weighted by atomic mass is 10.1. The van der Waals surface area contributed by atoms with Crippen molar-refractivity contribution in [3.8, 4) is 0 Å². The van der Waals surface area contributed by atoms with Crippen LogP contribution in [0.1, 0.15) is 13.8 Å². The van der Waals surface area contributed by atoms with Gasteiger partial charge >= 0.3 is 0 Å². The normalized spacial score (nSPS) is 12.4. The Hall–Kier alpha value is -2.66. The first-order valence-electron chi connectivity index (χ1n) is 6.60. The number of benzene rings is 1. The third-order valence-corrected chi connectivity index (χ3v) is 3.18. The zero-order valence-corrected chi connectivity index (χ0v) is 14.1. The molecule has 1 amide bonds. The van der Waals surface area contributed by atoms with Crippen molar-refractivity contribution in [2.45, 2.75) is 13.8 Å². The van der Waals surface area contributed by atoms with Crippen LogP contribution < -0.4 is 22.5 Å². The maximum Gasteiger partial charge on any atom is 0.256 e. The van der Waals surface area contributed by atoms with Gasteiger partial charge in [-0.3, -0.25) is 10.2 Å². The number of nitrogens with two attached hydrogens (primary N) is 3. The highest BCUT2D eigenvalue weighted by atomic mass is 31.0. The minimum atomic E-state index is -0.976. The molecule has 0 fully saturated rings. The Morgan fingerprint density at radius 1 is 1.35 bits per heavy atom. The lowest BCUT2D eigenvalue weighted by Crippen LogP contribution is -2.29. The Kier molecular flexibility index (Phi) is 6.04. The van der Waals surface area contributed by atoms with Gasteiger partial charge in [0.05, 0.1) is 11.4 Å². The minimum Gasteiger partial charge on any atom is -0.505 e. The molecule has 1 atom stereocenters. The topological polar surface area (TPSA) is 152 Å². The number of hydrogen-bond donors (Lipinski definition) is 5. The molecule has 1 aromatic carbocycles. The molecule has 0 bridgehead atoms.